The van der Waals surface area contributed by atoms with Gasteiger partial charge >= 0.3 is 0 Å². The molecule has 12 nitrogen and oxygen atoms in total. The molecule has 38 heavy (non-hydrogen) atoms. The van der Waals surface area contributed by atoms with Crippen molar-refractivity contribution in [3.8, 4) is 0 Å². The van der Waals surface area contributed by atoms with Crippen LogP contribution in [-0.2, 0) is 33.2 Å². The fourth-order valence-corrected chi connectivity index (χ4v) is 11.4. The number of hydrogen-bond acceptors (Lipinski definition) is 12. The average molecular weight is 555 g/mol. The number of fused-ring (bicyclic) bond motifs is 4. The molecule has 3 aliphatic heterocycles. The molecule has 7 fully saturated rings. The maximum Gasteiger partial charge on any atom is 0.297 e. The molecule has 13 heteroatoms. The first-order valence-corrected chi connectivity index (χ1v) is 14.3. The van der Waals surface area contributed by atoms with Gasteiger partial charge in [0.2, 0.25) is 0 Å². The smallest absolute Gasteiger partial charge is 0.297 e. The summed E-state index contributed by atoms with van der Waals surface area (Å²) in [5, 5.41) is 53.1. The van der Waals surface area contributed by atoms with Crippen molar-refractivity contribution in [3.63, 3.8) is 0 Å². The maximum absolute atomic E-state index is 12.6. The van der Waals surface area contributed by atoms with Gasteiger partial charge in [-0.15, -0.1) is 0 Å². The maximum atomic E-state index is 12.6. The van der Waals surface area contributed by atoms with E-state index >= 15 is 0 Å². The molecule has 4 aliphatic carbocycles. The van der Waals surface area contributed by atoms with Gasteiger partial charge in [-0.1, -0.05) is 18.2 Å². The molecule has 2 bridgehead atoms. The standard InChI is InChI=1S/C25H30O12S/c1-20-8-22-18(35-19(22)37-20)23(11-27)21(10-26)9-24(20,25(21,22)23)36-17-16(30)15(29)14(28)13(34-17)7-33-38(31,32)12-5-3-2-4-6-12/h2-6,13-19,26-30H,7-11H2,1H3/t13?,14-,15+,16+,17+,18?,19-,20+,21?,22?,23-,24-,25?/m1/s1. The predicted octanol–water partition coefficient (Wildman–Crippen LogP) is -1.77. The summed E-state index contributed by atoms with van der Waals surface area (Å²) in [7, 11) is -4.18. The lowest BCUT2D eigenvalue weighted by molar-refractivity contribution is -0.489. The Morgan fingerprint density at radius 1 is 1.00 bits per heavy atom. The summed E-state index contributed by atoms with van der Waals surface area (Å²) in [6.07, 6.45) is -7.62. The zero-order valence-electron chi connectivity index (χ0n) is 20.5. The van der Waals surface area contributed by atoms with Gasteiger partial charge in [-0.3, -0.25) is 4.18 Å². The number of aliphatic hydroxyl groups is 5. The van der Waals surface area contributed by atoms with Crippen LogP contribution < -0.4 is 0 Å². The van der Waals surface area contributed by atoms with Crippen LogP contribution in [0.15, 0.2) is 35.2 Å². The zero-order valence-corrected chi connectivity index (χ0v) is 21.3. The van der Waals surface area contributed by atoms with Crippen LogP contribution in [0.25, 0.3) is 0 Å². The Hall–Kier alpha value is -1.23. The predicted molar refractivity (Wildman–Crippen MR) is 121 cm³/mol. The second kappa shape index (κ2) is 6.80. The molecule has 3 heterocycles. The normalized spacial score (nSPS) is 58.3. The number of ether oxygens (including phenoxy) is 4. The van der Waals surface area contributed by atoms with Crippen LogP contribution in [0, 0.1) is 21.7 Å². The molecule has 0 radical (unpaired) electrons. The van der Waals surface area contributed by atoms with E-state index in [4.69, 9.17) is 23.1 Å². The molecule has 0 aromatic heterocycles. The second-order valence-corrected chi connectivity index (χ2v) is 13.8. The third kappa shape index (κ3) is 2.00. The SMILES string of the molecule is C[C@@]12CC34C(O[C@@H]3O1)[C@]1(CO)C3(CO)C[C@]2(O[C@@H]2OC(COS(=O)(=O)c5ccccc5)[C@@H](O)[C@H](O)[C@@H]2O)C431. The molecule has 4 saturated carbocycles. The summed E-state index contributed by atoms with van der Waals surface area (Å²) in [5.41, 5.74) is -4.30. The molecular formula is C25H30O12S. The minimum atomic E-state index is -4.18. The molecule has 208 valence electrons. The first kappa shape index (κ1) is 24.6. The number of benzene rings is 1. The summed E-state index contributed by atoms with van der Waals surface area (Å²) < 4.78 is 55.1. The van der Waals surface area contributed by atoms with Crippen LogP contribution in [0.1, 0.15) is 19.8 Å². The van der Waals surface area contributed by atoms with E-state index in [0.29, 0.717) is 12.8 Å². The third-order valence-corrected chi connectivity index (χ3v) is 12.7. The van der Waals surface area contributed by atoms with Crippen molar-refractivity contribution < 1.29 is 57.1 Å². The molecule has 8 rings (SSSR count). The van der Waals surface area contributed by atoms with Gasteiger partial charge in [0.15, 0.2) is 12.6 Å². The summed E-state index contributed by atoms with van der Waals surface area (Å²) in [4.78, 5) is -0.0799. The molecule has 7 aliphatic rings. The van der Waals surface area contributed by atoms with Gasteiger partial charge in [-0.2, -0.15) is 8.42 Å². The van der Waals surface area contributed by atoms with Gasteiger partial charge in [0, 0.05) is 16.2 Å². The lowest BCUT2D eigenvalue weighted by Gasteiger charge is -2.73. The highest BCUT2D eigenvalue weighted by molar-refractivity contribution is 7.86. The van der Waals surface area contributed by atoms with Gasteiger partial charge < -0.3 is 44.5 Å². The fraction of sp³-hybridized carbons (Fsp3) is 0.760. The first-order chi connectivity index (χ1) is 18.0. The highest BCUT2D eigenvalue weighted by Crippen LogP contribution is 3.14. The van der Waals surface area contributed by atoms with E-state index in [1.54, 1.807) is 18.2 Å². The van der Waals surface area contributed by atoms with E-state index in [2.05, 4.69) is 0 Å². The molecule has 1 aromatic carbocycles. The molecule has 1 aromatic rings. The van der Waals surface area contributed by atoms with Gasteiger partial charge in [-0.05, 0) is 31.9 Å². The minimum absolute atomic E-state index is 0.0799. The van der Waals surface area contributed by atoms with E-state index in [1.165, 1.54) is 12.1 Å². The lowest BCUT2D eigenvalue weighted by Crippen LogP contribution is -2.83. The van der Waals surface area contributed by atoms with Crippen LogP contribution >= 0.6 is 0 Å². The largest absolute Gasteiger partial charge is 0.396 e. The van der Waals surface area contributed by atoms with Crippen molar-refractivity contribution in [2.45, 2.75) is 79.0 Å². The Kier molecular flexibility index (Phi) is 4.39. The summed E-state index contributed by atoms with van der Waals surface area (Å²) in [6, 6.07) is 7.47. The molecule has 2 spiro atoms. The topological polar surface area (TPSA) is 181 Å². The summed E-state index contributed by atoms with van der Waals surface area (Å²) in [6.45, 7) is 0.906. The third-order valence-electron chi connectivity index (χ3n) is 11.4. The van der Waals surface area contributed by atoms with Crippen molar-refractivity contribution in [2.24, 2.45) is 21.7 Å². The Bertz CT molecular complexity index is 1320. The lowest BCUT2D eigenvalue weighted by atomic mass is 9.43. The molecule has 5 unspecified atom stereocenters. The quantitative estimate of drug-likeness (QED) is 0.229. The van der Waals surface area contributed by atoms with Crippen LogP contribution in [0.2, 0.25) is 0 Å². The van der Waals surface area contributed by atoms with E-state index in [9.17, 15) is 34.0 Å². The molecular weight excluding hydrogens is 524 g/mol. The number of rotatable bonds is 8. The monoisotopic (exact) mass is 554 g/mol. The van der Waals surface area contributed by atoms with Gasteiger partial charge in [0.05, 0.1) is 41.8 Å². The highest BCUT2D eigenvalue weighted by Gasteiger charge is 3.22. The Morgan fingerprint density at radius 2 is 1.74 bits per heavy atom. The highest BCUT2D eigenvalue weighted by atomic mass is 32.2. The first-order valence-electron chi connectivity index (χ1n) is 12.9. The number of aliphatic hydroxyl groups excluding tert-OH is 5. The van der Waals surface area contributed by atoms with Crippen molar-refractivity contribution in [3.05, 3.63) is 30.3 Å². The Labute approximate surface area is 218 Å². The summed E-state index contributed by atoms with van der Waals surface area (Å²) >= 11 is 0. The van der Waals surface area contributed by atoms with Crippen LogP contribution in [-0.4, -0.2) is 108 Å². The van der Waals surface area contributed by atoms with E-state index in [0.717, 1.165) is 0 Å². The zero-order chi connectivity index (χ0) is 26.7. The van der Waals surface area contributed by atoms with Crippen LogP contribution in [0.5, 0.6) is 0 Å². The second-order valence-electron chi connectivity index (χ2n) is 12.2. The van der Waals surface area contributed by atoms with Crippen molar-refractivity contribution in [1.82, 2.24) is 0 Å². The number of hydrogen-bond donors (Lipinski definition) is 5. The Morgan fingerprint density at radius 3 is 2.42 bits per heavy atom. The molecule has 13 atom stereocenters. The Balaban J connectivity index is 1.09. The van der Waals surface area contributed by atoms with Crippen LogP contribution in [0.4, 0.5) is 0 Å². The van der Waals surface area contributed by atoms with Gasteiger partial charge in [0.25, 0.3) is 10.1 Å². The minimum Gasteiger partial charge on any atom is -0.396 e. The van der Waals surface area contributed by atoms with Crippen molar-refractivity contribution in [1.29, 1.82) is 0 Å². The summed E-state index contributed by atoms with van der Waals surface area (Å²) in [5.74, 6) is 0. The van der Waals surface area contributed by atoms with Crippen molar-refractivity contribution >= 4 is 10.1 Å². The van der Waals surface area contributed by atoms with Crippen LogP contribution in [0.3, 0.4) is 0 Å². The molecule has 5 N–H and O–H groups in total. The van der Waals surface area contributed by atoms with Crippen molar-refractivity contribution in [2.75, 3.05) is 19.8 Å². The fourth-order valence-electron chi connectivity index (χ4n) is 10.4. The average Bonchev–Trinajstić information content (AvgIpc) is 3.03. The van der Waals surface area contributed by atoms with E-state index in [1.807, 2.05) is 6.92 Å². The molecule has 3 saturated heterocycles. The van der Waals surface area contributed by atoms with Gasteiger partial charge in [-0.25, -0.2) is 0 Å². The molecule has 0 amide bonds. The van der Waals surface area contributed by atoms with Gasteiger partial charge in [0.1, 0.15) is 30.0 Å². The van der Waals surface area contributed by atoms with E-state index < -0.39 is 86.6 Å². The van der Waals surface area contributed by atoms with E-state index in [-0.39, 0.29) is 24.2 Å².